The van der Waals surface area contributed by atoms with Crippen molar-refractivity contribution in [1.29, 1.82) is 0 Å². The van der Waals surface area contributed by atoms with Gasteiger partial charge in [-0.1, -0.05) is 64.4 Å². The second-order valence-electron chi connectivity index (χ2n) is 6.12. The van der Waals surface area contributed by atoms with Crippen LogP contribution >= 0.6 is 0 Å². The van der Waals surface area contributed by atoms with Crippen LogP contribution in [0.15, 0.2) is 24.4 Å². The summed E-state index contributed by atoms with van der Waals surface area (Å²) >= 11 is 0. The molecular formula is C19H31NO2. The van der Waals surface area contributed by atoms with Gasteiger partial charge in [0, 0.05) is 18.6 Å². The minimum atomic E-state index is -1.01. The van der Waals surface area contributed by atoms with E-state index >= 15 is 0 Å². The Morgan fingerprint density at radius 3 is 2.14 bits per heavy atom. The van der Waals surface area contributed by atoms with Gasteiger partial charge in [-0.3, -0.25) is 0 Å². The van der Waals surface area contributed by atoms with Gasteiger partial charge in [-0.2, -0.15) is 0 Å². The summed E-state index contributed by atoms with van der Waals surface area (Å²) in [6.07, 6.45) is 15.1. The molecule has 0 spiro atoms. The summed E-state index contributed by atoms with van der Waals surface area (Å²) in [5, 5.41) is 10.7. The fourth-order valence-corrected chi connectivity index (χ4v) is 2.81. The molecule has 0 aliphatic carbocycles. The Hall–Kier alpha value is -1.38. The lowest BCUT2D eigenvalue weighted by Gasteiger charge is -2.05. The number of rotatable bonds is 13. The number of carboxylic acid groups (broad SMARTS) is 1. The number of carbonyl (C=O) groups is 1. The van der Waals surface area contributed by atoms with Gasteiger partial charge in [-0.15, -0.1) is 0 Å². The summed E-state index contributed by atoms with van der Waals surface area (Å²) in [6.45, 7) is 3.16. The van der Waals surface area contributed by atoms with Crippen molar-refractivity contribution < 1.29 is 14.5 Å². The molecule has 1 rings (SSSR count). The second-order valence-corrected chi connectivity index (χ2v) is 6.12. The normalized spacial score (nSPS) is 10.8. The molecule has 0 amide bonds. The Kier molecular flexibility index (Phi) is 10.3. The first-order chi connectivity index (χ1) is 10.7. The molecule has 3 heteroatoms. The topological polar surface area (TPSA) is 44.0 Å². The summed E-state index contributed by atoms with van der Waals surface area (Å²) in [4.78, 5) is 10.7. The van der Waals surface area contributed by atoms with Crippen LogP contribution in [0.5, 0.6) is 0 Å². The molecule has 0 radical (unpaired) electrons. The van der Waals surface area contributed by atoms with E-state index < -0.39 is 5.97 Å². The number of carboxylic acids is 1. The summed E-state index contributed by atoms with van der Waals surface area (Å²) in [7, 11) is 0. The predicted molar refractivity (Wildman–Crippen MR) is 87.2 cm³/mol. The molecule has 0 unspecified atom stereocenters. The fraction of sp³-hybridized carbons (Fsp3) is 0.684. The quantitative estimate of drug-likeness (QED) is 0.415. The smallest absolute Gasteiger partial charge is 0.186 e. The van der Waals surface area contributed by atoms with E-state index in [9.17, 15) is 9.90 Å². The van der Waals surface area contributed by atoms with Gasteiger partial charge in [0.15, 0.2) is 11.9 Å². The lowest BCUT2D eigenvalue weighted by atomic mass is 10.1. The number of carbonyl (C=O) groups excluding carboxylic acids is 1. The lowest BCUT2D eigenvalue weighted by molar-refractivity contribution is -0.704. The van der Waals surface area contributed by atoms with E-state index in [2.05, 4.69) is 6.92 Å². The second kappa shape index (κ2) is 12.2. The van der Waals surface area contributed by atoms with E-state index in [1.807, 2.05) is 29.0 Å². The molecule has 0 saturated carbocycles. The predicted octanol–water partition coefficient (Wildman–Crippen LogP) is 3.19. The summed E-state index contributed by atoms with van der Waals surface area (Å²) in [5.74, 6) is -1.01. The molecule has 0 aliphatic heterocycles. The van der Waals surface area contributed by atoms with Crippen molar-refractivity contribution >= 4 is 5.97 Å². The van der Waals surface area contributed by atoms with Crippen LogP contribution in [0.4, 0.5) is 0 Å². The fourth-order valence-electron chi connectivity index (χ4n) is 2.81. The van der Waals surface area contributed by atoms with Gasteiger partial charge >= 0.3 is 0 Å². The van der Waals surface area contributed by atoms with Crippen molar-refractivity contribution in [3.63, 3.8) is 0 Å². The number of aryl methyl sites for hydroxylation is 1. The zero-order valence-electron chi connectivity index (χ0n) is 14.1. The highest BCUT2D eigenvalue weighted by atomic mass is 16.4. The van der Waals surface area contributed by atoms with Gasteiger partial charge in [0.25, 0.3) is 0 Å². The zero-order valence-corrected chi connectivity index (χ0v) is 14.1. The van der Waals surface area contributed by atoms with Crippen LogP contribution < -0.4 is 9.67 Å². The Balaban J connectivity index is 2.08. The summed E-state index contributed by atoms with van der Waals surface area (Å²) in [5.41, 5.74) is 0.832. The van der Waals surface area contributed by atoms with Crippen molar-refractivity contribution in [1.82, 2.24) is 0 Å². The largest absolute Gasteiger partial charge is 0.550 e. The number of pyridine rings is 1. The van der Waals surface area contributed by atoms with E-state index in [0.717, 1.165) is 18.7 Å². The van der Waals surface area contributed by atoms with E-state index in [4.69, 9.17) is 0 Å². The summed E-state index contributed by atoms with van der Waals surface area (Å²) < 4.78 is 2.04. The van der Waals surface area contributed by atoms with E-state index in [1.54, 1.807) is 0 Å². The molecule has 0 N–H and O–H groups in total. The van der Waals surface area contributed by atoms with Crippen molar-refractivity contribution in [3.8, 4) is 0 Å². The first-order valence-electron chi connectivity index (χ1n) is 8.91. The number of hydrogen-bond acceptors (Lipinski definition) is 2. The van der Waals surface area contributed by atoms with Gasteiger partial charge in [0.1, 0.15) is 6.54 Å². The first kappa shape index (κ1) is 18.7. The third kappa shape index (κ3) is 8.81. The Morgan fingerprint density at radius 1 is 0.955 bits per heavy atom. The molecule has 1 heterocycles. The SMILES string of the molecule is CCCCCCCCCCCC[n+]1ccccc1CC(=O)[O-]. The molecule has 0 saturated heterocycles. The molecule has 0 atom stereocenters. The van der Waals surface area contributed by atoms with Crippen LogP contribution in [-0.2, 0) is 17.8 Å². The average Bonchev–Trinajstić information content (AvgIpc) is 2.50. The van der Waals surface area contributed by atoms with Crippen molar-refractivity contribution in [2.24, 2.45) is 0 Å². The van der Waals surface area contributed by atoms with Crippen molar-refractivity contribution in [2.75, 3.05) is 0 Å². The maximum absolute atomic E-state index is 10.7. The molecule has 0 aromatic carbocycles. The Labute approximate surface area is 135 Å². The third-order valence-corrected chi connectivity index (χ3v) is 4.11. The van der Waals surface area contributed by atoms with E-state index in [-0.39, 0.29) is 6.42 Å². The molecule has 3 nitrogen and oxygen atoms in total. The standard InChI is InChI=1S/C19H31NO2/c1-2-3-4-5-6-7-8-9-10-12-15-20-16-13-11-14-18(20)17-19(21)22/h11,13-14,16H,2-10,12,15,17H2,1H3. The maximum Gasteiger partial charge on any atom is 0.186 e. The van der Waals surface area contributed by atoms with Crippen LogP contribution in [0.2, 0.25) is 0 Å². The minimum Gasteiger partial charge on any atom is -0.550 e. The zero-order chi connectivity index (χ0) is 16.0. The van der Waals surface area contributed by atoms with E-state index in [1.165, 1.54) is 57.8 Å². The third-order valence-electron chi connectivity index (χ3n) is 4.11. The number of aromatic nitrogens is 1. The lowest BCUT2D eigenvalue weighted by Crippen LogP contribution is -2.40. The van der Waals surface area contributed by atoms with Crippen LogP contribution in [0.1, 0.15) is 76.8 Å². The minimum absolute atomic E-state index is 0.00139. The van der Waals surface area contributed by atoms with Crippen LogP contribution in [0.25, 0.3) is 0 Å². The van der Waals surface area contributed by atoms with Gasteiger partial charge in [0.2, 0.25) is 0 Å². The average molecular weight is 305 g/mol. The van der Waals surface area contributed by atoms with Gasteiger partial charge in [-0.25, -0.2) is 4.57 Å². The monoisotopic (exact) mass is 305 g/mol. The molecule has 22 heavy (non-hydrogen) atoms. The van der Waals surface area contributed by atoms with Gasteiger partial charge in [0.05, 0.1) is 12.4 Å². The highest BCUT2D eigenvalue weighted by Gasteiger charge is 2.08. The summed E-state index contributed by atoms with van der Waals surface area (Å²) in [6, 6.07) is 5.70. The van der Waals surface area contributed by atoms with Crippen LogP contribution in [0.3, 0.4) is 0 Å². The Morgan fingerprint density at radius 2 is 1.55 bits per heavy atom. The van der Waals surface area contributed by atoms with Gasteiger partial charge in [-0.05, 0) is 6.42 Å². The number of hydrogen-bond donors (Lipinski definition) is 0. The highest BCUT2D eigenvalue weighted by Crippen LogP contribution is 2.10. The van der Waals surface area contributed by atoms with E-state index in [0.29, 0.717) is 0 Å². The molecule has 0 fully saturated rings. The van der Waals surface area contributed by atoms with Gasteiger partial charge < -0.3 is 9.90 Å². The number of aliphatic carboxylic acids is 1. The van der Waals surface area contributed by atoms with Crippen molar-refractivity contribution in [3.05, 3.63) is 30.1 Å². The van der Waals surface area contributed by atoms with Crippen LogP contribution in [0, 0.1) is 0 Å². The number of nitrogens with zero attached hydrogens (tertiary/aromatic N) is 1. The molecule has 124 valence electrons. The van der Waals surface area contributed by atoms with Crippen LogP contribution in [-0.4, -0.2) is 5.97 Å². The molecule has 1 aromatic rings. The molecule has 1 aromatic heterocycles. The molecule has 0 aliphatic rings. The molecule has 0 bridgehead atoms. The Bertz CT molecular complexity index is 418. The van der Waals surface area contributed by atoms with Crippen molar-refractivity contribution in [2.45, 2.75) is 84.1 Å². The highest BCUT2D eigenvalue weighted by molar-refractivity contribution is 5.66. The maximum atomic E-state index is 10.7. The number of unbranched alkanes of at least 4 members (excludes halogenated alkanes) is 9. The molecular weight excluding hydrogens is 274 g/mol. The first-order valence-corrected chi connectivity index (χ1v) is 8.91.